The van der Waals surface area contributed by atoms with Crippen molar-refractivity contribution in [2.75, 3.05) is 39.4 Å². The zero-order valence-corrected chi connectivity index (χ0v) is 13.8. The number of morpholine rings is 1. The van der Waals surface area contributed by atoms with Gasteiger partial charge in [-0.3, -0.25) is 15.0 Å². The van der Waals surface area contributed by atoms with Gasteiger partial charge in [-0.2, -0.15) is 0 Å². The molecule has 2 heterocycles. The summed E-state index contributed by atoms with van der Waals surface area (Å²) in [6.07, 6.45) is 3.25. The van der Waals surface area contributed by atoms with Crippen LogP contribution in [-0.2, 0) is 9.53 Å². The maximum absolute atomic E-state index is 12.6. The standard InChI is InChI=1S/C16H31N3O2/c1-4-5-14-16(20)19(15(17-14)12-13(2)3)7-6-18-8-10-21-11-9-18/h13-15,17H,4-12H2,1-3H3. The molecule has 0 bridgehead atoms. The van der Waals surface area contributed by atoms with Crippen LogP contribution in [0.4, 0.5) is 0 Å². The Hall–Kier alpha value is -0.650. The third kappa shape index (κ3) is 4.66. The molecule has 2 saturated heterocycles. The minimum atomic E-state index is 0.0310. The molecule has 0 aromatic heterocycles. The molecule has 1 N–H and O–H groups in total. The maximum Gasteiger partial charge on any atom is 0.241 e. The van der Waals surface area contributed by atoms with Gasteiger partial charge >= 0.3 is 0 Å². The van der Waals surface area contributed by atoms with E-state index in [4.69, 9.17) is 4.74 Å². The summed E-state index contributed by atoms with van der Waals surface area (Å²) in [4.78, 5) is 17.1. The molecule has 0 aliphatic carbocycles. The van der Waals surface area contributed by atoms with E-state index in [1.807, 2.05) is 0 Å². The number of nitrogens with one attached hydrogen (secondary N) is 1. The summed E-state index contributed by atoms with van der Waals surface area (Å²) in [5.74, 6) is 0.900. The van der Waals surface area contributed by atoms with Crippen molar-refractivity contribution in [2.24, 2.45) is 5.92 Å². The smallest absolute Gasteiger partial charge is 0.241 e. The summed E-state index contributed by atoms with van der Waals surface area (Å²) in [7, 11) is 0. The van der Waals surface area contributed by atoms with Gasteiger partial charge in [-0.15, -0.1) is 0 Å². The average Bonchev–Trinajstić information content (AvgIpc) is 2.74. The van der Waals surface area contributed by atoms with Gasteiger partial charge in [-0.25, -0.2) is 0 Å². The summed E-state index contributed by atoms with van der Waals surface area (Å²) in [5.41, 5.74) is 0. The molecule has 122 valence electrons. The minimum Gasteiger partial charge on any atom is -0.379 e. The molecule has 2 aliphatic rings. The molecule has 5 heteroatoms. The molecular weight excluding hydrogens is 266 g/mol. The van der Waals surface area contributed by atoms with E-state index in [0.29, 0.717) is 11.8 Å². The Bertz CT molecular complexity index is 329. The largest absolute Gasteiger partial charge is 0.379 e. The number of nitrogens with zero attached hydrogens (tertiary/aromatic N) is 2. The highest BCUT2D eigenvalue weighted by atomic mass is 16.5. The highest BCUT2D eigenvalue weighted by molar-refractivity contribution is 5.84. The fourth-order valence-electron chi connectivity index (χ4n) is 3.22. The molecule has 1 amide bonds. The number of rotatable bonds is 7. The van der Waals surface area contributed by atoms with Crippen LogP contribution < -0.4 is 5.32 Å². The van der Waals surface area contributed by atoms with Crippen LogP contribution >= 0.6 is 0 Å². The molecule has 0 saturated carbocycles. The van der Waals surface area contributed by atoms with Crippen molar-refractivity contribution in [1.82, 2.24) is 15.1 Å². The third-order valence-electron chi connectivity index (χ3n) is 4.38. The Labute approximate surface area is 129 Å². The van der Waals surface area contributed by atoms with E-state index in [-0.39, 0.29) is 12.2 Å². The van der Waals surface area contributed by atoms with E-state index in [1.54, 1.807) is 0 Å². The first kappa shape index (κ1) is 16.7. The second-order valence-electron chi connectivity index (χ2n) is 6.64. The monoisotopic (exact) mass is 297 g/mol. The van der Waals surface area contributed by atoms with E-state index < -0.39 is 0 Å². The van der Waals surface area contributed by atoms with Crippen molar-refractivity contribution in [3.05, 3.63) is 0 Å². The number of carbonyl (C=O) groups excluding carboxylic acids is 1. The van der Waals surface area contributed by atoms with Gasteiger partial charge in [0.1, 0.15) is 0 Å². The Balaban J connectivity index is 1.90. The lowest BCUT2D eigenvalue weighted by Gasteiger charge is -2.31. The molecule has 2 fully saturated rings. The topological polar surface area (TPSA) is 44.8 Å². The predicted octanol–water partition coefficient (Wildman–Crippen LogP) is 1.29. The molecule has 5 nitrogen and oxygen atoms in total. The number of amides is 1. The van der Waals surface area contributed by atoms with Gasteiger partial charge in [-0.1, -0.05) is 27.2 Å². The fraction of sp³-hybridized carbons (Fsp3) is 0.938. The normalized spacial score (nSPS) is 27.8. The molecule has 0 radical (unpaired) electrons. The highest BCUT2D eigenvalue weighted by Gasteiger charge is 2.38. The predicted molar refractivity (Wildman–Crippen MR) is 84.0 cm³/mol. The van der Waals surface area contributed by atoms with Crippen molar-refractivity contribution in [1.29, 1.82) is 0 Å². The van der Waals surface area contributed by atoms with E-state index in [0.717, 1.165) is 58.7 Å². The quantitative estimate of drug-likeness (QED) is 0.769. The lowest BCUT2D eigenvalue weighted by atomic mass is 10.1. The van der Waals surface area contributed by atoms with Gasteiger partial charge in [0, 0.05) is 26.2 Å². The van der Waals surface area contributed by atoms with Crippen molar-refractivity contribution in [3.63, 3.8) is 0 Å². The van der Waals surface area contributed by atoms with Crippen LogP contribution in [-0.4, -0.2) is 67.3 Å². The SMILES string of the molecule is CCCC1NC(CC(C)C)N(CCN2CCOCC2)C1=O. The Morgan fingerprint density at radius 3 is 2.62 bits per heavy atom. The molecule has 2 rings (SSSR count). The number of carbonyl (C=O) groups is 1. The second kappa shape index (κ2) is 8.11. The number of hydrogen-bond donors (Lipinski definition) is 1. The molecule has 0 aromatic rings. The molecule has 0 aromatic carbocycles. The van der Waals surface area contributed by atoms with Crippen LogP contribution in [0, 0.1) is 5.92 Å². The van der Waals surface area contributed by atoms with Crippen LogP contribution in [0.15, 0.2) is 0 Å². The van der Waals surface area contributed by atoms with Crippen LogP contribution in [0.2, 0.25) is 0 Å². The first-order chi connectivity index (χ1) is 10.1. The average molecular weight is 297 g/mol. The first-order valence-electron chi connectivity index (χ1n) is 8.48. The van der Waals surface area contributed by atoms with Gasteiger partial charge < -0.3 is 9.64 Å². The maximum atomic E-state index is 12.6. The summed E-state index contributed by atoms with van der Waals surface area (Å²) < 4.78 is 5.38. The van der Waals surface area contributed by atoms with Crippen molar-refractivity contribution >= 4 is 5.91 Å². The van der Waals surface area contributed by atoms with Crippen LogP contribution in [0.25, 0.3) is 0 Å². The summed E-state index contributed by atoms with van der Waals surface area (Å²) in [6.45, 7) is 12.0. The third-order valence-corrected chi connectivity index (χ3v) is 4.38. The molecular formula is C16H31N3O2. The van der Waals surface area contributed by atoms with E-state index >= 15 is 0 Å². The summed E-state index contributed by atoms with van der Waals surface area (Å²) >= 11 is 0. The fourth-order valence-corrected chi connectivity index (χ4v) is 3.22. The molecule has 2 atom stereocenters. The minimum absolute atomic E-state index is 0.0310. The van der Waals surface area contributed by atoms with E-state index in [9.17, 15) is 4.79 Å². The van der Waals surface area contributed by atoms with Gasteiger partial charge in [0.05, 0.1) is 25.4 Å². The van der Waals surface area contributed by atoms with Crippen LogP contribution in [0.5, 0.6) is 0 Å². The lowest BCUT2D eigenvalue weighted by molar-refractivity contribution is -0.130. The van der Waals surface area contributed by atoms with E-state index in [1.165, 1.54) is 0 Å². The highest BCUT2D eigenvalue weighted by Crippen LogP contribution is 2.20. The van der Waals surface area contributed by atoms with Crippen LogP contribution in [0.1, 0.15) is 40.0 Å². The second-order valence-corrected chi connectivity index (χ2v) is 6.64. The van der Waals surface area contributed by atoms with Crippen molar-refractivity contribution in [3.8, 4) is 0 Å². The Morgan fingerprint density at radius 1 is 1.29 bits per heavy atom. The van der Waals surface area contributed by atoms with Gasteiger partial charge in [0.25, 0.3) is 0 Å². The van der Waals surface area contributed by atoms with Crippen molar-refractivity contribution in [2.45, 2.75) is 52.2 Å². The Morgan fingerprint density at radius 2 is 2.00 bits per heavy atom. The number of hydrogen-bond acceptors (Lipinski definition) is 4. The zero-order chi connectivity index (χ0) is 15.2. The van der Waals surface area contributed by atoms with Gasteiger partial charge in [-0.05, 0) is 18.8 Å². The zero-order valence-electron chi connectivity index (χ0n) is 13.8. The molecule has 21 heavy (non-hydrogen) atoms. The summed E-state index contributed by atoms with van der Waals surface area (Å²) in [6, 6.07) is 0.0310. The molecule has 2 unspecified atom stereocenters. The van der Waals surface area contributed by atoms with Crippen molar-refractivity contribution < 1.29 is 9.53 Å². The van der Waals surface area contributed by atoms with Crippen LogP contribution in [0.3, 0.4) is 0 Å². The first-order valence-corrected chi connectivity index (χ1v) is 8.48. The number of ether oxygens (including phenoxy) is 1. The lowest BCUT2D eigenvalue weighted by Crippen LogP contribution is -2.45. The molecule has 2 aliphatic heterocycles. The van der Waals surface area contributed by atoms with Gasteiger partial charge in [0.15, 0.2) is 0 Å². The summed E-state index contributed by atoms with van der Waals surface area (Å²) in [5, 5.41) is 3.54. The van der Waals surface area contributed by atoms with E-state index in [2.05, 4.69) is 35.9 Å². The Kier molecular flexibility index (Phi) is 6.45. The van der Waals surface area contributed by atoms with Gasteiger partial charge in [0.2, 0.25) is 5.91 Å². The molecule has 0 spiro atoms.